The van der Waals surface area contributed by atoms with Crippen LogP contribution in [0.25, 0.3) is 0 Å². The molecule has 0 spiro atoms. The van der Waals surface area contributed by atoms with Gasteiger partial charge in [0.05, 0.1) is 28.9 Å². The van der Waals surface area contributed by atoms with Crippen LogP contribution >= 0.6 is 0 Å². The van der Waals surface area contributed by atoms with Gasteiger partial charge in [-0.05, 0) is 62.2 Å². The van der Waals surface area contributed by atoms with Crippen molar-refractivity contribution in [3.05, 3.63) is 83.9 Å². The van der Waals surface area contributed by atoms with Crippen LogP contribution in [0.5, 0.6) is 5.75 Å². The summed E-state index contributed by atoms with van der Waals surface area (Å²) in [5.41, 5.74) is 1.61. The lowest BCUT2D eigenvalue weighted by Gasteiger charge is -2.26. The first-order valence-corrected chi connectivity index (χ1v) is 13.0. The van der Waals surface area contributed by atoms with Gasteiger partial charge < -0.3 is 15.4 Å². The lowest BCUT2D eigenvalue weighted by Crippen LogP contribution is -2.39. The molecule has 9 heteroatoms. The molecule has 0 unspecified atom stereocenters. The fraction of sp³-hybridized carbons (Fsp3) is 0.259. The quantitative estimate of drug-likeness (QED) is 0.422. The molecule has 0 saturated carbocycles. The number of hydrogen-bond donors (Lipinski definition) is 2. The number of anilines is 2. The van der Waals surface area contributed by atoms with E-state index < -0.39 is 22.5 Å². The topological polar surface area (TPSA) is 105 Å². The number of nitrogens with one attached hydrogen (secondary N) is 2. The molecule has 8 nitrogen and oxygen atoms in total. The van der Waals surface area contributed by atoms with E-state index in [2.05, 4.69) is 10.6 Å². The SMILES string of the molecule is CC[C@@H](C)NC(=O)c1ccccc1NC(=O)CN(c1cc(C)ccc1OC)S(=O)(=O)c1ccccc1. The van der Waals surface area contributed by atoms with Gasteiger partial charge >= 0.3 is 0 Å². The molecular weight excluding hydrogens is 478 g/mol. The maximum Gasteiger partial charge on any atom is 0.264 e. The minimum atomic E-state index is -4.12. The second-order valence-corrected chi connectivity index (χ2v) is 10.2. The number of amides is 2. The Hall–Kier alpha value is -3.85. The van der Waals surface area contributed by atoms with Gasteiger partial charge in [-0.1, -0.05) is 43.3 Å². The standard InChI is InChI=1S/C27H31N3O5S/c1-5-20(3)28-27(32)22-13-9-10-14-23(22)29-26(31)18-30(24-17-19(2)15-16-25(24)35-4)36(33,34)21-11-7-6-8-12-21/h6-17,20H,5,18H2,1-4H3,(H,28,32)(H,29,31)/t20-/m1/s1. The Morgan fingerprint density at radius 1 is 1.00 bits per heavy atom. The molecule has 36 heavy (non-hydrogen) atoms. The third kappa shape index (κ3) is 6.23. The van der Waals surface area contributed by atoms with Crippen LogP contribution in [0.1, 0.15) is 36.2 Å². The Balaban J connectivity index is 1.97. The van der Waals surface area contributed by atoms with Crippen molar-refractivity contribution in [1.29, 1.82) is 0 Å². The summed E-state index contributed by atoms with van der Waals surface area (Å²) in [5, 5.41) is 5.59. The zero-order valence-corrected chi connectivity index (χ0v) is 21.6. The Bertz CT molecular complexity index is 1330. The van der Waals surface area contributed by atoms with E-state index in [9.17, 15) is 18.0 Å². The largest absolute Gasteiger partial charge is 0.495 e. The average Bonchev–Trinajstić information content (AvgIpc) is 2.87. The molecule has 0 heterocycles. The number of ether oxygens (including phenoxy) is 1. The van der Waals surface area contributed by atoms with Crippen molar-refractivity contribution in [2.45, 2.75) is 38.1 Å². The summed E-state index contributed by atoms with van der Waals surface area (Å²) >= 11 is 0. The highest BCUT2D eigenvalue weighted by atomic mass is 32.2. The molecule has 3 rings (SSSR count). The van der Waals surface area contributed by atoms with E-state index >= 15 is 0 Å². The van der Waals surface area contributed by atoms with Crippen LogP contribution in [0.3, 0.4) is 0 Å². The third-order valence-electron chi connectivity index (χ3n) is 5.66. The molecule has 0 radical (unpaired) electrons. The molecular formula is C27H31N3O5S. The summed E-state index contributed by atoms with van der Waals surface area (Å²) in [6.45, 7) is 5.14. The number of aryl methyl sites for hydroxylation is 1. The van der Waals surface area contributed by atoms with Gasteiger partial charge in [-0.15, -0.1) is 0 Å². The molecule has 0 fully saturated rings. The molecule has 3 aromatic carbocycles. The van der Waals surface area contributed by atoms with Crippen LogP contribution < -0.4 is 19.7 Å². The molecule has 2 N–H and O–H groups in total. The summed E-state index contributed by atoms with van der Waals surface area (Å²) in [4.78, 5) is 26.0. The van der Waals surface area contributed by atoms with Crippen molar-refractivity contribution in [2.24, 2.45) is 0 Å². The number of hydrogen-bond acceptors (Lipinski definition) is 5. The Labute approximate surface area is 212 Å². The molecule has 0 aliphatic carbocycles. The van der Waals surface area contributed by atoms with Crippen molar-refractivity contribution in [2.75, 3.05) is 23.3 Å². The lowest BCUT2D eigenvalue weighted by molar-refractivity contribution is -0.114. The average molecular weight is 510 g/mol. The van der Waals surface area contributed by atoms with Crippen molar-refractivity contribution < 1.29 is 22.7 Å². The highest BCUT2D eigenvalue weighted by Gasteiger charge is 2.30. The molecule has 0 bridgehead atoms. The van der Waals surface area contributed by atoms with Crippen LogP contribution in [0.2, 0.25) is 0 Å². The maximum atomic E-state index is 13.7. The van der Waals surface area contributed by atoms with Gasteiger partial charge in [-0.25, -0.2) is 8.42 Å². The van der Waals surface area contributed by atoms with Gasteiger partial charge in [-0.3, -0.25) is 13.9 Å². The van der Waals surface area contributed by atoms with Crippen molar-refractivity contribution in [3.63, 3.8) is 0 Å². The van der Waals surface area contributed by atoms with Gasteiger partial charge in [0, 0.05) is 6.04 Å². The molecule has 3 aromatic rings. The van der Waals surface area contributed by atoms with Crippen LogP contribution in [0.15, 0.2) is 77.7 Å². The number of sulfonamides is 1. The number of benzene rings is 3. The lowest BCUT2D eigenvalue weighted by atomic mass is 10.1. The van der Waals surface area contributed by atoms with E-state index in [1.54, 1.807) is 60.7 Å². The molecule has 2 amide bonds. The van der Waals surface area contributed by atoms with E-state index in [-0.39, 0.29) is 33.8 Å². The number of para-hydroxylation sites is 1. The van der Waals surface area contributed by atoms with Crippen LogP contribution in [0, 0.1) is 6.92 Å². The van der Waals surface area contributed by atoms with Gasteiger partial charge in [0.25, 0.3) is 15.9 Å². The third-order valence-corrected chi connectivity index (χ3v) is 7.43. The Morgan fingerprint density at radius 2 is 1.67 bits per heavy atom. The summed E-state index contributed by atoms with van der Waals surface area (Å²) < 4.78 is 33.8. The molecule has 1 atom stereocenters. The number of carbonyl (C=O) groups is 2. The van der Waals surface area contributed by atoms with Crippen molar-refractivity contribution in [3.8, 4) is 5.75 Å². The Kier molecular flexibility index (Phi) is 8.71. The normalized spacial score (nSPS) is 11.9. The highest BCUT2D eigenvalue weighted by Crippen LogP contribution is 2.33. The number of rotatable bonds is 10. The van der Waals surface area contributed by atoms with E-state index in [0.717, 1.165) is 16.3 Å². The number of methoxy groups -OCH3 is 1. The summed E-state index contributed by atoms with van der Waals surface area (Å²) in [6, 6.07) is 19.5. The summed E-state index contributed by atoms with van der Waals surface area (Å²) in [6.07, 6.45) is 0.755. The first kappa shape index (κ1) is 26.7. The van der Waals surface area contributed by atoms with Crippen molar-refractivity contribution in [1.82, 2.24) is 5.32 Å². The fourth-order valence-electron chi connectivity index (χ4n) is 3.53. The summed E-state index contributed by atoms with van der Waals surface area (Å²) in [5.74, 6) is -0.627. The van der Waals surface area contributed by atoms with Crippen LogP contribution in [-0.2, 0) is 14.8 Å². The van der Waals surface area contributed by atoms with Gasteiger partial charge in [0.15, 0.2) is 0 Å². The smallest absolute Gasteiger partial charge is 0.264 e. The predicted molar refractivity (Wildman–Crippen MR) is 141 cm³/mol. The molecule has 0 aliphatic rings. The second-order valence-electron chi connectivity index (χ2n) is 8.38. The molecule has 0 saturated heterocycles. The first-order chi connectivity index (χ1) is 17.2. The number of carbonyl (C=O) groups excluding carboxylic acids is 2. The minimum Gasteiger partial charge on any atom is -0.495 e. The predicted octanol–water partition coefficient (Wildman–Crippen LogP) is 4.37. The monoisotopic (exact) mass is 509 g/mol. The van der Waals surface area contributed by atoms with E-state index in [1.165, 1.54) is 19.2 Å². The molecule has 190 valence electrons. The minimum absolute atomic E-state index is 0.0368. The van der Waals surface area contributed by atoms with Crippen LogP contribution in [0.4, 0.5) is 11.4 Å². The molecule has 0 aliphatic heterocycles. The van der Waals surface area contributed by atoms with Crippen molar-refractivity contribution >= 4 is 33.2 Å². The van der Waals surface area contributed by atoms with Crippen LogP contribution in [-0.4, -0.2) is 39.9 Å². The Morgan fingerprint density at radius 3 is 2.33 bits per heavy atom. The first-order valence-electron chi connectivity index (χ1n) is 11.6. The second kappa shape index (κ2) is 11.7. The zero-order chi connectivity index (χ0) is 26.3. The number of nitrogens with zero attached hydrogens (tertiary/aromatic N) is 1. The van der Waals surface area contributed by atoms with Gasteiger partial charge in [0.1, 0.15) is 12.3 Å². The van der Waals surface area contributed by atoms with Gasteiger partial charge in [0.2, 0.25) is 5.91 Å². The van der Waals surface area contributed by atoms with E-state index in [4.69, 9.17) is 4.74 Å². The van der Waals surface area contributed by atoms with E-state index in [0.29, 0.717) is 5.75 Å². The fourth-order valence-corrected chi connectivity index (χ4v) is 4.97. The molecule has 0 aromatic heterocycles. The highest BCUT2D eigenvalue weighted by molar-refractivity contribution is 7.92. The van der Waals surface area contributed by atoms with Gasteiger partial charge in [-0.2, -0.15) is 0 Å². The van der Waals surface area contributed by atoms with E-state index in [1.807, 2.05) is 20.8 Å². The summed E-state index contributed by atoms with van der Waals surface area (Å²) in [7, 11) is -2.69. The maximum absolute atomic E-state index is 13.7. The zero-order valence-electron chi connectivity index (χ0n) is 20.8.